The van der Waals surface area contributed by atoms with Crippen LogP contribution in [0.2, 0.25) is 0 Å². The Labute approximate surface area is 228 Å². The Morgan fingerprint density at radius 2 is 1.60 bits per heavy atom. The first-order chi connectivity index (χ1) is 19.6. The van der Waals surface area contributed by atoms with Gasteiger partial charge in [-0.3, -0.25) is 14.9 Å². The van der Waals surface area contributed by atoms with E-state index < -0.39 is 11.8 Å². The standard InChI is InChI=1S/C31H24N6O3/c1-40-21-11-12-27-23(13-21)25(18-36(27)16-20-17-37(35-34-20)15-19-7-3-2-4-8-19)29-28(30(38)33-31(29)39)24-14-32-26-10-6-5-9-22(24)26/h2-14,17-18,32H,15-16H2,1H3,(H,33,38,39). The molecule has 0 bridgehead atoms. The summed E-state index contributed by atoms with van der Waals surface area (Å²) in [4.78, 5) is 29.7. The first kappa shape index (κ1) is 23.7. The molecule has 0 aliphatic carbocycles. The molecule has 4 heterocycles. The number of H-pyrrole nitrogens is 1. The number of ether oxygens (including phenoxy) is 1. The van der Waals surface area contributed by atoms with E-state index in [9.17, 15) is 9.59 Å². The van der Waals surface area contributed by atoms with Crippen molar-refractivity contribution in [2.45, 2.75) is 13.1 Å². The maximum Gasteiger partial charge on any atom is 0.259 e. The number of imide groups is 1. The largest absolute Gasteiger partial charge is 0.497 e. The predicted molar refractivity (Wildman–Crippen MR) is 151 cm³/mol. The lowest BCUT2D eigenvalue weighted by Gasteiger charge is -2.05. The SMILES string of the molecule is COc1ccc2c(c1)c(C1=C(c3c[nH]c4ccccc34)C(=O)NC1=O)cn2Cc1cn(Cc2ccccc2)nn1. The number of aromatic nitrogens is 5. The summed E-state index contributed by atoms with van der Waals surface area (Å²) in [5.41, 5.74) is 5.68. The van der Waals surface area contributed by atoms with Crippen LogP contribution >= 0.6 is 0 Å². The summed E-state index contributed by atoms with van der Waals surface area (Å²) in [5.74, 6) is -0.197. The Morgan fingerprint density at radius 1 is 0.825 bits per heavy atom. The quantitative estimate of drug-likeness (QED) is 0.299. The first-order valence-corrected chi connectivity index (χ1v) is 12.9. The molecule has 9 nitrogen and oxygen atoms in total. The average molecular weight is 529 g/mol. The van der Waals surface area contributed by atoms with E-state index in [0.29, 0.717) is 41.1 Å². The van der Waals surface area contributed by atoms with Gasteiger partial charge in [0.05, 0.1) is 37.5 Å². The number of carbonyl (C=O) groups excluding carboxylic acids is 2. The topological polar surface area (TPSA) is 107 Å². The molecule has 1 aliphatic heterocycles. The van der Waals surface area contributed by atoms with E-state index in [4.69, 9.17) is 4.74 Å². The second-order valence-corrected chi connectivity index (χ2v) is 9.73. The highest BCUT2D eigenvalue weighted by Crippen LogP contribution is 2.39. The Kier molecular flexibility index (Phi) is 5.55. The van der Waals surface area contributed by atoms with E-state index >= 15 is 0 Å². The van der Waals surface area contributed by atoms with E-state index in [1.165, 1.54) is 0 Å². The van der Waals surface area contributed by atoms with Crippen molar-refractivity contribution in [2.24, 2.45) is 0 Å². The third kappa shape index (κ3) is 3.95. The van der Waals surface area contributed by atoms with Crippen molar-refractivity contribution in [1.82, 2.24) is 29.9 Å². The number of aromatic amines is 1. The van der Waals surface area contributed by atoms with Crippen LogP contribution in [0.5, 0.6) is 5.75 Å². The summed E-state index contributed by atoms with van der Waals surface area (Å²) < 4.78 is 9.34. The average Bonchev–Trinajstić information content (AvgIpc) is 3.74. The van der Waals surface area contributed by atoms with Crippen molar-refractivity contribution in [1.29, 1.82) is 0 Å². The van der Waals surface area contributed by atoms with Crippen molar-refractivity contribution in [2.75, 3.05) is 7.11 Å². The minimum absolute atomic E-state index is 0.333. The third-order valence-corrected chi connectivity index (χ3v) is 7.25. The third-order valence-electron chi connectivity index (χ3n) is 7.25. The van der Waals surface area contributed by atoms with E-state index in [0.717, 1.165) is 33.1 Å². The van der Waals surface area contributed by atoms with Gasteiger partial charge in [0.15, 0.2) is 0 Å². The summed E-state index contributed by atoms with van der Waals surface area (Å²) in [6, 6.07) is 23.5. The molecule has 0 fully saturated rings. The molecule has 0 radical (unpaired) electrons. The van der Waals surface area contributed by atoms with Gasteiger partial charge in [-0.1, -0.05) is 53.7 Å². The van der Waals surface area contributed by atoms with Gasteiger partial charge in [0.1, 0.15) is 11.4 Å². The highest BCUT2D eigenvalue weighted by Gasteiger charge is 2.35. The molecule has 0 spiro atoms. The monoisotopic (exact) mass is 528 g/mol. The molecule has 1 aliphatic rings. The number of methoxy groups -OCH3 is 1. The van der Waals surface area contributed by atoms with Crippen LogP contribution < -0.4 is 10.1 Å². The van der Waals surface area contributed by atoms with Crippen LogP contribution in [-0.2, 0) is 22.7 Å². The fourth-order valence-corrected chi connectivity index (χ4v) is 5.41. The molecule has 0 saturated heterocycles. The lowest BCUT2D eigenvalue weighted by Crippen LogP contribution is -2.22. The molecule has 40 heavy (non-hydrogen) atoms. The van der Waals surface area contributed by atoms with Gasteiger partial charge in [0, 0.05) is 45.3 Å². The summed E-state index contributed by atoms with van der Waals surface area (Å²) in [6.45, 7) is 1.05. The summed E-state index contributed by atoms with van der Waals surface area (Å²) in [7, 11) is 1.60. The molecule has 6 aromatic rings. The van der Waals surface area contributed by atoms with Crippen LogP contribution in [0.1, 0.15) is 22.4 Å². The minimum Gasteiger partial charge on any atom is -0.497 e. The molecular weight excluding hydrogens is 504 g/mol. The van der Waals surface area contributed by atoms with Gasteiger partial charge in [0.25, 0.3) is 11.8 Å². The Bertz CT molecular complexity index is 1960. The molecule has 0 saturated carbocycles. The smallest absolute Gasteiger partial charge is 0.259 e. The molecule has 0 atom stereocenters. The lowest BCUT2D eigenvalue weighted by atomic mass is 9.95. The van der Waals surface area contributed by atoms with E-state index in [1.807, 2.05) is 89.8 Å². The van der Waals surface area contributed by atoms with Crippen molar-refractivity contribution in [3.63, 3.8) is 0 Å². The van der Waals surface area contributed by atoms with Crippen LogP contribution in [0.3, 0.4) is 0 Å². The second kappa shape index (κ2) is 9.39. The van der Waals surface area contributed by atoms with Crippen LogP contribution in [-0.4, -0.2) is 43.5 Å². The number of nitrogens with one attached hydrogen (secondary N) is 2. The van der Waals surface area contributed by atoms with E-state index in [1.54, 1.807) is 18.0 Å². The van der Waals surface area contributed by atoms with Crippen molar-refractivity contribution < 1.29 is 14.3 Å². The van der Waals surface area contributed by atoms with Crippen LogP contribution in [0, 0.1) is 0 Å². The number of carbonyl (C=O) groups is 2. The Hall–Kier alpha value is -5.44. The molecule has 2 N–H and O–H groups in total. The molecule has 9 heteroatoms. The number of rotatable bonds is 7. The zero-order chi connectivity index (χ0) is 27.2. The molecule has 3 aromatic carbocycles. The predicted octanol–water partition coefficient (Wildman–Crippen LogP) is 4.39. The fourth-order valence-electron chi connectivity index (χ4n) is 5.41. The lowest BCUT2D eigenvalue weighted by molar-refractivity contribution is -0.122. The second-order valence-electron chi connectivity index (χ2n) is 9.73. The van der Waals surface area contributed by atoms with Gasteiger partial charge >= 0.3 is 0 Å². The fraction of sp³-hybridized carbons (Fsp3) is 0.0968. The van der Waals surface area contributed by atoms with E-state index in [-0.39, 0.29) is 0 Å². The van der Waals surface area contributed by atoms with Gasteiger partial charge in [-0.15, -0.1) is 5.10 Å². The van der Waals surface area contributed by atoms with Crippen LogP contribution in [0.4, 0.5) is 0 Å². The number of fused-ring (bicyclic) bond motifs is 2. The Morgan fingerprint density at radius 3 is 2.42 bits per heavy atom. The van der Waals surface area contributed by atoms with Gasteiger partial charge < -0.3 is 14.3 Å². The van der Waals surface area contributed by atoms with E-state index in [2.05, 4.69) is 20.6 Å². The highest BCUT2D eigenvalue weighted by molar-refractivity contribution is 6.50. The molecule has 7 rings (SSSR count). The van der Waals surface area contributed by atoms with Gasteiger partial charge in [-0.2, -0.15) is 0 Å². The van der Waals surface area contributed by atoms with Crippen molar-refractivity contribution in [3.05, 3.63) is 114 Å². The van der Waals surface area contributed by atoms with Crippen LogP contribution in [0.15, 0.2) is 91.4 Å². The molecule has 3 aromatic heterocycles. The van der Waals surface area contributed by atoms with Gasteiger partial charge in [-0.05, 0) is 29.8 Å². The van der Waals surface area contributed by atoms with Gasteiger partial charge in [-0.25, -0.2) is 4.68 Å². The number of nitrogens with zero attached hydrogens (tertiary/aromatic N) is 4. The summed E-state index contributed by atoms with van der Waals surface area (Å²) >= 11 is 0. The number of amides is 2. The maximum absolute atomic E-state index is 13.3. The number of benzene rings is 3. The van der Waals surface area contributed by atoms with Crippen molar-refractivity contribution in [3.8, 4) is 5.75 Å². The summed E-state index contributed by atoms with van der Waals surface area (Å²) in [5, 5.41) is 12.9. The number of hydrogen-bond donors (Lipinski definition) is 2. The zero-order valence-corrected chi connectivity index (χ0v) is 21.6. The van der Waals surface area contributed by atoms with Crippen LogP contribution in [0.25, 0.3) is 33.0 Å². The zero-order valence-electron chi connectivity index (χ0n) is 21.6. The Balaban J connectivity index is 1.35. The highest BCUT2D eigenvalue weighted by atomic mass is 16.5. The molecule has 2 amide bonds. The van der Waals surface area contributed by atoms with Crippen molar-refractivity contribution >= 4 is 44.8 Å². The first-order valence-electron chi connectivity index (χ1n) is 12.9. The summed E-state index contributed by atoms with van der Waals surface area (Å²) in [6.07, 6.45) is 5.61. The number of para-hydroxylation sites is 1. The normalized spacial score (nSPS) is 13.5. The minimum atomic E-state index is -0.430. The number of hydrogen-bond acceptors (Lipinski definition) is 5. The van der Waals surface area contributed by atoms with Gasteiger partial charge in [0.2, 0.25) is 0 Å². The molecule has 196 valence electrons. The molecule has 0 unspecified atom stereocenters. The maximum atomic E-state index is 13.3. The molecular formula is C31H24N6O3.